The first-order chi connectivity index (χ1) is 8.04. The van der Waals surface area contributed by atoms with Crippen molar-refractivity contribution in [3.63, 3.8) is 0 Å². The molecule has 0 spiro atoms. The van der Waals surface area contributed by atoms with Gasteiger partial charge in [-0.3, -0.25) is 0 Å². The zero-order chi connectivity index (χ0) is 12.8. The third kappa shape index (κ3) is 4.23. The summed E-state index contributed by atoms with van der Waals surface area (Å²) in [6.45, 7) is 2.39. The van der Waals surface area contributed by atoms with Crippen molar-refractivity contribution in [1.82, 2.24) is 4.90 Å². The van der Waals surface area contributed by atoms with Gasteiger partial charge < -0.3 is 10.2 Å². The number of aryl methyl sites for hydroxylation is 1. The summed E-state index contributed by atoms with van der Waals surface area (Å²) in [4.78, 5) is 13.3. The lowest BCUT2D eigenvalue weighted by molar-refractivity contribution is 0.223. The van der Waals surface area contributed by atoms with Gasteiger partial charge in [0, 0.05) is 22.8 Å². The van der Waals surface area contributed by atoms with E-state index in [0.29, 0.717) is 13.0 Å². The summed E-state index contributed by atoms with van der Waals surface area (Å²) in [6, 6.07) is 7.65. The third-order valence-electron chi connectivity index (χ3n) is 2.34. The number of rotatable bonds is 3. The number of carbonyl (C=O) groups is 1. The van der Waals surface area contributed by atoms with Crippen molar-refractivity contribution in [2.45, 2.75) is 13.3 Å². The maximum absolute atomic E-state index is 11.8. The van der Waals surface area contributed by atoms with Gasteiger partial charge in [0.2, 0.25) is 0 Å². The summed E-state index contributed by atoms with van der Waals surface area (Å²) < 4.78 is 1.14. The van der Waals surface area contributed by atoms with Crippen molar-refractivity contribution >= 4 is 34.3 Å². The molecule has 0 fully saturated rings. The van der Waals surface area contributed by atoms with E-state index in [1.807, 2.05) is 31.2 Å². The minimum absolute atomic E-state index is 0.190. The van der Waals surface area contributed by atoms with E-state index in [-0.39, 0.29) is 6.03 Å². The van der Waals surface area contributed by atoms with Crippen LogP contribution in [0.2, 0.25) is 0 Å². The first-order valence-electron chi connectivity index (χ1n) is 5.20. The number of benzene rings is 1. The Hall–Kier alpha value is -1.29. The molecule has 0 aromatic heterocycles. The number of hydrogen-bond acceptors (Lipinski definition) is 2. The summed E-state index contributed by atoms with van der Waals surface area (Å²) in [5.74, 6) is 0. The highest BCUT2D eigenvalue weighted by atomic mass is 127. The molecule has 0 heterocycles. The van der Waals surface area contributed by atoms with E-state index < -0.39 is 0 Å². The smallest absolute Gasteiger partial charge is 0.321 e. The molecule has 2 amide bonds. The van der Waals surface area contributed by atoms with Gasteiger partial charge in [-0.1, -0.05) is 0 Å². The molecular weight excluding hydrogens is 329 g/mol. The highest BCUT2D eigenvalue weighted by molar-refractivity contribution is 14.1. The fourth-order valence-electron chi connectivity index (χ4n) is 1.30. The third-order valence-corrected chi connectivity index (χ3v) is 3.01. The maximum Gasteiger partial charge on any atom is 0.321 e. The molecule has 1 rings (SSSR count). The number of amides is 2. The van der Waals surface area contributed by atoms with Crippen LogP contribution in [0.5, 0.6) is 0 Å². The van der Waals surface area contributed by atoms with Crippen molar-refractivity contribution in [1.29, 1.82) is 5.26 Å². The predicted molar refractivity (Wildman–Crippen MR) is 75.8 cm³/mol. The fraction of sp³-hybridized carbons (Fsp3) is 0.333. The Balaban J connectivity index is 2.65. The minimum Gasteiger partial charge on any atom is -0.327 e. The minimum atomic E-state index is -0.190. The number of urea groups is 1. The van der Waals surface area contributed by atoms with Crippen molar-refractivity contribution in [2.24, 2.45) is 0 Å². The number of carbonyl (C=O) groups excluding carboxylic acids is 1. The molecule has 0 saturated heterocycles. The molecule has 0 radical (unpaired) electrons. The van der Waals surface area contributed by atoms with E-state index in [1.54, 1.807) is 7.05 Å². The highest BCUT2D eigenvalue weighted by Gasteiger charge is 2.09. The Bertz CT molecular complexity index is 454. The van der Waals surface area contributed by atoms with Gasteiger partial charge >= 0.3 is 6.03 Å². The molecule has 0 unspecified atom stereocenters. The molecule has 17 heavy (non-hydrogen) atoms. The van der Waals surface area contributed by atoms with Gasteiger partial charge in [-0.15, -0.1) is 0 Å². The predicted octanol–water partition coefficient (Wildman–Crippen LogP) is 2.98. The quantitative estimate of drug-likeness (QED) is 0.858. The Morgan fingerprint density at radius 2 is 2.29 bits per heavy atom. The molecule has 0 bridgehead atoms. The second kappa shape index (κ2) is 6.45. The van der Waals surface area contributed by atoms with Gasteiger partial charge in [0.05, 0.1) is 12.5 Å². The zero-order valence-electron chi connectivity index (χ0n) is 9.83. The highest BCUT2D eigenvalue weighted by Crippen LogP contribution is 2.17. The number of anilines is 1. The van der Waals surface area contributed by atoms with E-state index in [9.17, 15) is 4.79 Å². The topological polar surface area (TPSA) is 56.1 Å². The largest absolute Gasteiger partial charge is 0.327 e. The van der Waals surface area contributed by atoms with Crippen LogP contribution in [-0.4, -0.2) is 24.5 Å². The zero-order valence-corrected chi connectivity index (χ0v) is 12.0. The van der Waals surface area contributed by atoms with Gasteiger partial charge in [0.1, 0.15) is 0 Å². The average Bonchev–Trinajstić information content (AvgIpc) is 2.29. The monoisotopic (exact) mass is 343 g/mol. The Kier molecular flexibility index (Phi) is 5.22. The summed E-state index contributed by atoms with van der Waals surface area (Å²) in [5.41, 5.74) is 1.83. The van der Waals surface area contributed by atoms with E-state index in [4.69, 9.17) is 5.26 Å². The van der Waals surface area contributed by atoms with Gasteiger partial charge in [-0.05, 0) is 53.3 Å². The van der Waals surface area contributed by atoms with E-state index in [0.717, 1.165) is 14.8 Å². The van der Waals surface area contributed by atoms with Crippen LogP contribution in [0.3, 0.4) is 0 Å². The van der Waals surface area contributed by atoms with Crippen LogP contribution in [0.1, 0.15) is 12.0 Å². The average molecular weight is 343 g/mol. The number of nitrogens with one attached hydrogen (secondary N) is 1. The van der Waals surface area contributed by atoms with Crippen molar-refractivity contribution in [3.8, 4) is 6.07 Å². The lowest BCUT2D eigenvalue weighted by atomic mass is 10.2. The molecule has 4 nitrogen and oxygen atoms in total. The molecule has 1 N–H and O–H groups in total. The Labute approximate surface area is 115 Å². The molecule has 0 saturated carbocycles. The number of halogens is 1. The molecule has 90 valence electrons. The second-order valence-corrected chi connectivity index (χ2v) is 4.96. The molecule has 1 aromatic carbocycles. The van der Waals surface area contributed by atoms with Crippen molar-refractivity contribution < 1.29 is 4.79 Å². The van der Waals surface area contributed by atoms with Crippen LogP contribution in [0.15, 0.2) is 18.2 Å². The van der Waals surface area contributed by atoms with Crippen molar-refractivity contribution in [3.05, 3.63) is 27.3 Å². The van der Waals surface area contributed by atoms with Crippen LogP contribution < -0.4 is 5.32 Å². The first kappa shape index (κ1) is 13.8. The summed E-state index contributed by atoms with van der Waals surface area (Å²) in [6.07, 6.45) is 0.343. The van der Waals surface area contributed by atoms with Crippen molar-refractivity contribution in [2.75, 3.05) is 18.9 Å². The molecule has 0 atom stereocenters. The van der Waals surface area contributed by atoms with E-state index >= 15 is 0 Å². The van der Waals surface area contributed by atoms with Gasteiger partial charge in [-0.2, -0.15) is 5.26 Å². The van der Waals surface area contributed by atoms with Gasteiger partial charge in [0.15, 0.2) is 0 Å². The van der Waals surface area contributed by atoms with Gasteiger partial charge in [0.25, 0.3) is 0 Å². The number of nitriles is 1. The Morgan fingerprint density at radius 3 is 2.88 bits per heavy atom. The fourth-order valence-corrected chi connectivity index (χ4v) is 1.94. The van der Waals surface area contributed by atoms with E-state index in [2.05, 4.69) is 27.9 Å². The van der Waals surface area contributed by atoms with Gasteiger partial charge in [-0.25, -0.2) is 4.79 Å². The standard InChI is InChI=1S/C12H14IN3O/c1-9-8-10(13)4-5-11(9)15-12(17)16(2)7-3-6-14/h4-5,8H,3,7H2,1-2H3,(H,15,17). The van der Waals surface area contributed by atoms with Crippen LogP contribution in [-0.2, 0) is 0 Å². The number of hydrogen-bond donors (Lipinski definition) is 1. The SMILES string of the molecule is Cc1cc(I)ccc1NC(=O)N(C)CCC#N. The lowest BCUT2D eigenvalue weighted by Crippen LogP contribution is -2.32. The molecule has 1 aromatic rings. The normalized spacial score (nSPS) is 9.53. The van der Waals surface area contributed by atoms with E-state index in [1.165, 1.54) is 4.90 Å². The molecule has 5 heteroatoms. The lowest BCUT2D eigenvalue weighted by Gasteiger charge is -2.17. The van der Waals surface area contributed by atoms with Crippen LogP contribution >= 0.6 is 22.6 Å². The maximum atomic E-state index is 11.8. The molecule has 0 aliphatic carbocycles. The van der Waals surface area contributed by atoms with Crippen LogP contribution in [0.25, 0.3) is 0 Å². The first-order valence-corrected chi connectivity index (χ1v) is 6.27. The van der Waals surface area contributed by atoms with Crippen LogP contribution in [0.4, 0.5) is 10.5 Å². The second-order valence-electron chi connectivity index (χ2n) is 3.72. The molecule has 0 aliphatic heterocycles. The summed E-state index contributed by atoms with van der Waals surface area (Å²) in [7, 11) is 1.68. The van der Waals surface area contributed by atoms with Crippen LogP contribution in [0, 0.1) is 21.8 Å². The Morgan fingerprint density at radius 1 is 1.59 bits per heavy atom. The molecule has 0 aliphatic rings. The summed E-state index contributed by atoms with van der Waals surface area (Å²) >= 11 is 2.23. The summed E-state index contributed by atoms with van der Waals surface area (Å²) in [5, 5.41) is 11.3. The number of nitrogens with zero attached hydrogens (tertiary/aromatic N) is 2. The molecular formula is C12H14IN3O.